The Hall–Kier alpha value is -1.73. The minimum Gasteiger partial charge on any atom is -0.464 e. The smallest absolute Gasteiger partial charge is 0.417 e. The number of carbonyl (C=O) groups excluding carboxylic acids is 1. The number of methoxy groups -OCH3 is 1. The van der Waals surface area contributed by atoms with Crippen molar-refractivity contribution in [2.45, 2.75) is 12.6 Å². The lowest BCUT2D eigenvalue weighted by molar-refractivity contribution is -0.138. The monoisotopic (exact) mass is 255 g/mol. The van der Waals surface area contributed by atoms with E-state index in [2.05, 4.69) is 9.72 Å². The molecule has 0 saturated heterocycles. The summed E-state index contributed by atoms with van der Waals surface area (Å²) in [5.41, 5.74) is -3.28. The molecule has 0 radical (unpaired) electrons. The maximum absolute atomic E-state index is 12.5. The lowest BCUT2D eigenvalue weighted by Gasteiger charge is -2.10. The number of rotatable bonds is 2. The van der Waals surface area contributed by atoms with E-state index in [1.54, 1.807) is 0 Å². The van der Waals surface area contributed by atoms with Crippen LogP contribution in [-0.4, -0.2) is 18.1 Å². The Morgan fingerprint density at radius 1 is 1.41 bits per heavy atom. The topological polar surface area (TPSA) is 39.2 Å². The number of hydrogen-bond donors (Lipinski definition) is 0. The molecule has 0 saturated carbocycles. The SMILES string of the molecule is COC(=O)c1ncc(C(F)(F)F)cc1C(F)F. The molecule has 1 aromatic rings. The average Bonchev–Trinajstić information content (AvgIpc) is 2.25. The van der Waals surface area contributed by atoms with Gasteiger partial charge in [-0.15, -0.1) is 0 Å². The summed E-state index contributed by atoms with van der Waals surface area (Å²) in [5, 5.41) is 0. The average molecular weight is 255 g/mol. The van der Waals surface area contributed by atoms with E-state index in [1.165, 1.54) is 0 Å². The first kappa shape index (κ1) is 13.3. The Kier molecular flexibility index (Phi) is 3.64. The molecule has 0 aliphatic rings. The zero-order valence-corrected chi connectivity index (χ0v) is 8.39. The number of alkyl halides is 5. The third-order valence-corrected chi connectivity index (χ3v) is 1.86. The van der Waals surface area contributed by atoms with Crippen LogP contribution in [0.15, 0.2) is 12.3 Å². The third kappa shape index (κ3) is 2.89. The summed E-state index contributed by atoms with van der Waals surface area (Å²) < 4.78 is 65.8. The molecular formula is C9H6F5NO2. The van der Waals surface area contributed by atoms with Crippen LogP contribution in [-0.2, 0) is 10.9 Å². The number of nitrogens with zero attached hydrogens (tertiary/aromatic N) is 1. The fourth-order valence-corrected chi connectivity index (χ4v) is 1.07. The van der Waals surface area contributed by atoms with Crippen LogP contribution in [0.25, 0.3) is 0 Å². The second-order valence-electron chi connectivity index (χ2n) is 2.95. The van der Waals surface area contributed by atoms with Crippen molar-refractivity contribution in [2.24, 2.45) is 0 Å². The molecular weight excluding hydrogens is 249 g/mol. The summed E-state index contributed by atoms with van der Waals surface area (Å²) >= 11 is 0. The minimum absolute atomic E-state index is 0.184. The summed E-state index contributed by atoms with van der Waals surface area (Å²) in [6, 6.07) is 0.184. The maximum atomic E-state index is 12.5. The van der Waals surface area contributed by atoms with Gasteiger partial charge in [-0.2, -0.15) is 13.2 Å². The van der Waals surface area contributed by atoms with Crippen molar-refractivity contribution in [1.82, 2.24) is 4.98 Å². The number of carbonyl (C=O) groups is 1. The highest BCUT2D eigenvalue weighted by molar-refractivity contribution is 5.88. The molecule has 0 aliphatic carbocycles. The van der Waals surface area contributed by atoms with E-state index in [9.17, 15) is 26.7 Å². The molecule has 0 aromatic carbocycles. The summed E-state index contributed by atoms with van der Waals surface area (Å²) in [7, 11) is 0.914. The standard InChI is InChI=1S/C9H6F5NO2/c1-17-8(16)6-5(7(10)11)2-4(3-15-6)9(12,13)14/h2-3,7H,1H3. The summed E-state index contributed by atoms with van der Waals surface area (Å²) in [4.78, 5) is 14.1. The molecule has 0 N–H and O–H groups in total. The van der Waals surface area contributed by atoms with Gasteiger partial charge in [0.2, 0.25) is 0 Å². The van der Waals surface area contributed by atoms with Gasteiger partial charge in [0.05, 0.1) is 18.2 Å². The second-order valence-corrected chi connectivity index (χ2v) is 2.95. The van der Waals surface area contributed by atoms with Crippen LogP contribution in [0.2, 0.25) is 0 Å². The number of hydrogen-bond acceptors (Lipinski definition) is 3. The summed E-state index contributed by atoms with van der Waals surface area (Å²) in [6.07, 6.45) is -7.75. The molecule has 0 unspecified atom stereocenters. The van der Waals surface area contributed by atoms with Crippen molar-refractivity contribution in [2.75, 3.05) is 7.11 Å². The van der Waals surface area contributed by atoms with Crippen molar-refractivity contribution in [1.29, 1.82) is 0 Å². The van der Waals surface area contributed by atoms with Gasteiger partial charge < -0.3 is 4.74 Å². The first-order valence-electron chi connectivity index (χ1n) is 4.21. The molecule has 0 atom stereocenters. The highest BCUT2D eigenvalue weighted by Crippen LogP contribution is 2.32. The predicted octanol–water partition coefficient (Wildman–Crippen LogP) is 2.82. The van der Waals surface area contributed by atoms with Crippen LogP contribution in [0.4, 0.5) is 22.0 Å². The van der Waals surface area contributed by atoms with E-state index in [4.69, 9.17) is 0 Å². The van der Waals surface area contributed by atoms with Gasteiger partial charge in [0.25, 0.3) is 6.43 Å². The predicted molar refractivity (Wildman–Crippen MR) is 45.5 cm³/mol. The van der Waals surface area contributed by atoms with Gasteiger partial charge >= 0.3 is 12.1 Å². The van der Waals surface area contributed by atoms with E-state index in [-0.39, 0.29) is 6.07 Å². The fourth-order valence-electron chi connectivity index (χ4n) is 1.07. The fraction of sp³-hybridized carbons (Fsp3) is 0.333. The molecule has 0 spiro atoms. The van der Waals surface area contributed by atoms with Crippen LogP contribution < -0.4 is 0 Å². The van der Waals surface area contributed by atoms with Gasteiger partial charge in [-0.25, -0.2) is 18.6 Å². The Morgan fingerprint density at radius 2 is 2.00 bits per heavy atom. The molecule has 0 fully saturated rings. The zero-order valence-electron chi connectivity index (χ0n) is 8.39. The van der Waals surface area contributed by atoms with Gasteiger partial charge in [0, 0.05) is 6.20 Å². The van der Waals surface area contributed by atoms with Gasteiger partial charge in [-0.05, 0) is 6.07 Å². The number of halogens is 5. The Balaban J connectivity index is 3.32. The first-order chi connectivity index (χ1) is 7.77. The van der Waals surface area contributed by atoms with E-state index in [0.29, 0.717) is 6.20 Å². The first-order valence-corrected chi connectivity index (χ1v) is 4.21. The van der Waals surface area contributed by atoms with Crippen LogP contribution >= 0.6 is 0 Å². The van der Waals surface area contributed by atoms with E-state index < -0.39 is 35.4 Å². The van der Waals surface area contributed by atoms with Crippen molar-refractivity contribution in [3.8, 4) is 0 Å². The quantitative estimate of drug-likeness (QED) is 0.602. The van der Waals surface area contributed by atoms with Crippen LogP contribution in [0, 0.1) is 0 Å². The van der Waals surface area contributed by atoms with Crippen molar-refractivity contribution in [3.05, 3.63) is 29.1 Å². The van der Waals surface area contributed by atoms with Crippen LogP contribution in [0.1, 0.15) is 28.0 Å². The molecule has 0 amide bonds. The maximum Gasteiger partial charge on any atom is 0.417 e. The lowest BCUT2D eigenvalue weighted by Crippen LogP contribution is -2.13. The molecule has 1 heterocycles. The van der Waals surface area contributed by atoms with Crippen LogP contribution in [0.3, 0.4) is 0 Å². The summed E-state index contributed by atoms with van der Waals surface area (Å²) in [5.74, 6) is -1.21. The molecule has 3 nitrogen and oxygen atoms in total. The van der Waals surface area contributed by atoms with Gasteiger partial charge in [0.1, 0.15) is 0 Å². The zero-order chi connectivity index (χ0) is 13.2. The Bertz CT molecular complexity index is 430. The second kappa shape index (κ2) is 4.64. The largest absolute Gasteiger partial charge is 0.464 e. The molecule has 0 aliphatic heterocycles. The number of esters is 1. The van der Waals surface area contributed by atoms with E-state index in [1.807, 2.05) is 0 Å². The van der Waals surface area contributed by atoms with Gasteiger partial charge in [0.15, 0.2) is 5.69 Å². The van der Waals surface area contributed by atoms with Crippen LogP contribution in [0.5, 0.6) is 0 Å². The lowest BCUT2D eigenvalue weighted by atomic mass is 10.1. The highest BCUT2D eigenvalue weighted by atomic mass is 19.4. The van der Waals surface area contributed by atoms with Crippen molar-refractivity contribution in [3.63, 3.8) is 0 Å². The van der Waals surface area contributed by atoms with Gasteiger partial charge in [-0.3, -0.25) is 0 Å². The minimum atomic E-state index is -4.80. The molecule has 0 bridgehead atoms. The molecule has 17 heavy (non-hydrogen) atoms. The molecule has 8 heteroatoms. The van der Waals surface area contributed by atoms with Crippen molar-refractivity contribution < 1.29 is 31.5 Å². The molecule has 94 valence electrons. The normalized spacial score (nSPS) is 11.7. The van der Waals surface area contributed by atoms with Crippen molar-refractivity contribution >= 4 is 5.97 Å². The van der Waals surface area contributed by atoms with E-state index >= 15 is 0 Å². The Labute approximate surface area is 92.2 Å². The number of aromatic nitrogens is 1. The molecule has 1 rings (SSSR count). The van der Waals surface area contributed by atoms with Gasteiger partial charge in [-0.1, -0.05) is 0 Å². The highest BCUT2D eigenvalue weighted by Gasteiger charge is 2.33. The summed E-state index contributed by atoms with van der Waals surface area (Å²) in [6.45, 7) is 0. The Morgan fingerprint density at radius 3 is 2.41 bits per heavy atom. The third-order valence-electron chi connectivity index (χ3n) is 1.86. The van der Waals surface area contributed by atoms with E-state index in [0.717, 1.165) is 7.11 Å². The molecule has 1 aromatic heterocycles. The number of ether oxygens (including phenoxy) is 1. The number of pyridine rings is 1.